The van der Waals surface area contributed by atoms with E-state index in [4.69, 9.17) is 14.2 Å². The first-order valence-corrected chi connectivity index (χ1v) is 12.8. The van der Waals surface area contributed by atoms with Crippen LogP contribution in [0.5, 0.6) is 11.5 Å². The number of hydrogen-bond acceptors (Lipinski definition) is 6. The molecule has 5 rings (SSSR count). The summed E-state index contributed by atoms with van der Waals surface area (Å²) in [4.78, 5) is 27.9. The van der Waals surface area contributed by atoms with Gasteiger partial charge in [0.15, 0.2) is 0 Å². The smallest absolute Gasteiger partial charge is 0.341 e. The van der Waals surface area contributed by atoms with Crippen LogP contribution < -0.4 is 19.7 Å². The Morgan fingerprint density at radius 1 is 0.923 bits per heavy atom. The molecule has 7 heteroatoms. The van der Waals surface area contributed by atoms with E-state index < -0.39 is 12.1 Å². The molecule has 0 unspecified atom stereocenters. The second kappa shape index (κ2) is 11.3. The van der Waals surface area contributed by atoms with Crippen LogP contribution in [0.2, 0.25) is 0 Å². The average molecular weight is 523 g/mol. The van der Waals surface area contributed by atoms with Crippen molar-refractivity contribution < 1.29 is 23.8 Å². The van der Waals surface area contributed by atoms with Gasteiger partial charge in [0.2, 0.25) is 0 Å². The number of fused-ring (bicyclic) bond motifs is 1. The molecule has 4 aromatic carbocycles. The molecule has 0 saturated carbocycles. The average Bonchev–Trinajstić information content (AvgIpc) is 2.97. The molecule has 1 heterocycles. The maximum atomic E-state index is 13.8. The van der Waals surface area contributed by atoms with E-state index in [1.54, 1.807) is 43.2 Å². The highest BCUT2D eigenvalue weighted by Gasteiger charge is 2.34. The van der Waals surface area contributed by atoms with Crippen molar-refractivity contribution in [1.82, 2.24) is 0 Å². The van der Waals surface area contributed by atoms with Gasteiger partial charge < -0.3 is 19.5 Å². The van der Waals surface area contributed by atoms with Crippen molar-refractivity contribution in [3.63, 3.8) is 0 Å². The van der Waals surface area contributed by atoms with Gasteiger partial charge in [0.1, 0.15) is 29.8 Å². The molecule has 7 nitrogen and oxygen atoms in total. The van der Waals surface area contributed by atoms with Crippen molar-refractivity contribution in [2.45, 2.75) is 26.6 Å². The molecule has 0 saturated heterocycles. The molecule has 0 aromatic heterocycles. The number of esters is 1. The van der Waals surface area contributed by atoms with Crippen molar-refractivity contribution >= 4 is 23.3 Å². The zero-order chi connectivity index (χ0) is 27.4. The van der Waals surface area contributed by atoms with Gasteiger partial charge in [0.05, 0.1) is 19.3 Å². The number of amides is 1. The van der Waals surface area contributed by atoms with Crippen molar-refractivity contribution in [3.8, 4) is 11.5 Å². The summed E-state index contributed by atoms with van der Waals surface area (Å²) in [5.74, 6) is 0.530. The third kappa shape index (κ3) is 5.29. The van der Waals surface area contributed by atoms with E-state index in [1.807, 2.05) is 73.7 Å². The number of carbonyl (C=O) groups excluding carboxylic acids is 2. The van der Waals surface area contributed by atoms with Gasteiger partial charge in [-0.3, -0.25) is 9.69 Å². The van der Waals surface area contributed by atoms with E-state index in [1.165, 1.54) is 0 Å². The minimum atomic E-state index is -0.466. The van der Waals surface area contributed by atoms with Crippen LogP contribution in [0.4, 0.5) is 11.4 Å². The van der Waals surface area contributed by atoms with Gasteiger partial charge in [0, 0.05) is 16.9 Å². The van der Waals surface area contributed by atoms with Crippen molar-refractivity contribution in [2.75, 3.05) is 23.9 Å². The first-order valence-electron chi connectivity index (χ1n) is 12.8. The Hall–Kier alpha value is -4.78. The Labute approximate surface area is 227 Å². The number of nitrogens with zero attached hydrogens (tertiary/aromatic N) is 1. The normalized spacial score (nSPS) is 14.3. The third-order valence-corrected chi connectivity index (χ3v) is 6.62. The fourth-order valence-corrected chi connectivity index (χ4v) is 4.67. The van der Waals surface area contributed by atoms with E-state index in [-0.39, 0.29) is 19.1 Å². The fourth-order valence-electron chi connectivity index (χ4n) is 4.67. The predicted molar refractivity (Wildman–Crippen MR) is 151 cm³/mol. The molecule has 1 N–H and O–H groups in total. The van der Waals surface area contributed by atoms with E-state index >= 15 is 0 Å². The Bertz CT molecular complexity index is 1500. The zero-order valence-electron chi connectivity index (χ0n) is 22.1. The first-order chi connectivity index (χ1) is 19.0. The highest BCUT2D eigenvalue weighted by Crippen LogP contribution is 2.38. The van der Waals surface area contributed by atoms with Crippen LogP contribution in [-0.4, -0.2) is 25.6 Å². The lowest BCUT2D eigenvalue weighted by Crippen LogP contribution is -2.43. The summed E-state index contributed by atoms with van der Waals surface area (Å²) in [7, 11) is 1.60. The lowest BCUT2D eigenvalue weighted by molar-refractivity contribution is 0.0521. The molecule has 1 aliphatic rings. The zero-order valence-corrected chi connectivity index (χ0v) is 22.1. The molecule has 39 heavy (non-hydrogen) atoms. The van der Waals surface area contributed by atoms with Gasteiger partial charge in [-0.2, -0.15) is 0 Å². The van der Waals surface area contributed by atoms with Crippen LogP contribution in [-0.2, 0) is 11.3 Å². The predicted octanol–water partition coefficient (Wildman–Crippen LogP) is 6.53. The SMILES string of the molecule is CCOC(=O)c1ccccc1OCc1cc([C@@H]2Nc3ccccc3C(=O)N2c2ccc(C)cc2)ccc1OC. The summed E-state index contributed by atoms with van der Waals surface area (Å²) in [5.41, 5.74) is 5.27. The molecule has 4 aromatic rings. The Morgan fingerprint density at radius 2 is 1.67 bits per heavy atom. The van der Waals surface area contributed by atoms with E-state index in [9.17, 15) is 9.59 Å². The number of methoxy groups -OCH3 is 1. The first kappa shape index (κ1) is 25.9. The van der Waals surface area contributed by atoms with Crippen LogP contribution >= 0.6 is 0 Å². The van der Waals surface area contributed by atoms with Crippen LogP contribution in [0, 0.1) is 6.92 Å². The van der Waals surface area contributed by atoms with Gasteiger partial charge in [-0.15, -0.1) is 0 Å². The Kier molecular flexibility index (Phi) is 7.50. The number of benzene rings is 4. The number of nitrogens with one attached hydrogen (secondary N) is 1. The standard InChI is InChI=1S/C32H30N2O5/c1-4-38-32(36)26-10-6-8-12-29(26)39-20-23-19-22(15-18-28(23)37-3)30-33-27-11-7-5-9-25(27)31(35)34(30)24-16-13-21(2)14-17-24/h5-19,30,33H,4,20H2,1-3H3/t30-/m1/s1. The molecule has 1 aliphatic heterocycles. The number of ether oxygens (including phenoxy) is 3. The monoisotopic (exact) mass is 522 g/mol. The Balaban J connectivity index is 1.50. The van der Waals surface area contributed by atoms with Gasteiger partial charge >= 0.3 is 5.97 Å². The summed E-state index contributed by atoms with van der Waals surface area (Å²) in [6, 6.07) is 28.2. The van der Waals surface area contributed by atoms with Gasteiger partial charge in [-0.05, 0) is 67.9 Å². The molecule has 198 valence electrons. The number of anilines is 2. The third-order valence-electron chi connectivity index (χ3n) is 6.62. The maximum Gasteiger partial charge on any atom is 0.341 e. The fraction of sp³-hybridized carbons (Fsp3) is 0.188. The van der Waals surface area contributed by atoms with Crippen molar-refractivity contribution in [1.29, 1.82) is 0 Å². The topological polar surface area (TPSA) is 77.1 Å². The van der Waals surface area contributed by atoms with Crippen LogP contribution in [0.25, 0.3) is 0 Å². The number of carbonyl (C=O) groups is 2. The molecule has 1 atom stereocenters. The quantitative estimate of drug-likeness (QED) is 0.265. The maximum absolute atomic E-state index is 13.8. The number of rotatable bonds is 8. The number of hydrogen-bond donors (Lipinski definition) is 1. The molecule has 0 spiro atoms. The minimum absolute atomic E-state index is 0.0878. The second-order valence-corrected chi connectivity index (χ2v) is 9.18. The van der Waals surface area contributed by atoms with Gasteiger partial charge in [-0.1, -0.05) is 48.0 Å². The summed E-state index contributed by atoms with van der Waals surface area (Å²) in [6.45, 7) is 4.20. The minimum Gasteiger partial charge on any atom is -0.496 e. The summed E-state index contributed by atoms with van der Waals surface area (Å²) in [5, 5.41) is 3.55. The summed E-state index contributed by atoms with van der Waals surface area (Å²) < 4.78 is 16.9. The molecule has 0 bridgehead atoms. The van der Waals surface area contributed by atoms with Crippen LogP contribution in [0.3, 0.4) is 0 Å². The van der Waals surface area contributed by atoms with Crippen molar-refractivity contribution in [3.05, 3.63) is 119 Å². The lowest BCUT2D eigenvalue weighted by atomic mass is 10.0. The van der Waals surface area contributed by atoms with E-state index in [2.05, 4.69) is 5.32 Å². The molecule has 0 aliphatic carbocycles. The van der Waals surface area contributed by atoms with Crippen LogP contribution in [0.1, 0.15) is 50.5 Å². The molecule has 0 radical (unpaired) electrons. The Morgan fingerprint density at radius 3 is 2.44 bits per heavy atom. The lowest BCUT2D eigenvalue weighted by Gasteiger charge is -2.38. The summed E-state index contributed by atoms with van der Waals surface area (Å²) in [6.07, 6.45) is -0.466. The van der Waals surface area contributed by atoms with Crippen molar-refractivity contribution in [2.24, 2.45) is 0 Å². The molecule has 0 fully saturated rings. The molecular weight excluding hydrogens is 492 g/mol. The number of para-hydroxylation sites is 2. The molecule has 1 amide bonds. The summed E-state index contributed by atoms with van der Waals surface area (Å²) >= 11 is 0. The van der Waals surface area contributed by atoms with Gasteiger partial charge in [0.25, 0.3) is 5.91 Å². The van der Waals surface area contributed by atoms with E-state index in [0.29, 0.717) is 22.6 Å². The van der Waals surface area contributed by atoms with Gasteiger partial charge in [-0.25, -0.2) is 4.79 Å². The molecular formula is C32H30N2O5. The van der Waals surface area contributed by atoms with Crippen LogP contribution in [0.15, 0.2) is 91.0 Å². The number of aryl methyl sites for hydroxylation is 1. The highest BCUT2D eigenvalue weighted by molar-refractivity contribution is 6.12. The van der Waals surface area contributed by atoms with E-state index in [0.717, 1.165) is 28.1 Å². The largest absolute Gasteiger partial charge is 0.496 e. The highest BCUT2D eigenvalue weighted by atomic mass is 16.5. The second-order valence-electron chi connectivity index (χ2n) is 9.18.